The minimum Gasteiger partial charge on any atom is -0.467 e. The Bertz CT molecular complexity index is 963. The topological polar surface area (TPSA) is 79.9 Å². The summed E-state index contributed by atoms with van der Waals surface area (Å²) in [5, 5.41) is 5.57. The Morgan fingerprint density at radius 1 is 1.21 bits per heavy atom. The Morgan fingerprint density at radius 2 is 2.07 bits per heavy atom. The first-order chi connectivity index (χ1) is 14.0. The highest BCUT2D eigenvalue weighted by atomic mass is 19.1. The number of nitrogens with zero attached hydrogens (tertiary/aromatic N) is 1. The van der Waals surface area contributed by atoms with Crippen molar-refractivity contribution in [3.05, 3.63) is 52.8 Å². The lowest BCUT2D eigenvalue weighted by Gasteiger charge is -2.21. The normalized spacial score (nSPS) is 14.6. The summed E-state index contributed by atoms with van der Waals surface area (Å²) in [4.78, 5) is 25.6. The van der Waals surface area contributed by atoms with E-state index in [-0.39, 0.29) is 24.5 Å². The summed E-state index contributed by atoms with van der Waals surface area (Å²) in [6, 6.07) is 7.98. The summed E-state index contributed by atoms with van der Waals surface area (Å²) < 4.78 is 24.4. The maximum absolute atomic E-state index is 13.8. The maximum Gasteiger partial charge on any atom is 0.319 e. The average Bonchev–Trinajstić information content (AvgIpc) is 3.11. The Kier molecular flexibility index (Phi) is 5.35. The van der Waals surface area contributed by atoms with E-state index in [1.807, 2.05) is 12.1 Å². The summed E-state index contributed by atoms with van der Waals surface area (Å²) in [6.07, 6.45) is 1.20. The van der Waals surface area contributed by atoms with Gasteiger partial charge in [0, 0.05) is 37.0 Å². The number of urea groups is 1. The molecular weight excluding hydrogens is 377 g/mol. The fourth-order valence-corrected chi connectivity index (χ4v) is 3.73. The molecule has 0 saturated carbocycles. The van der Waals surface area contributed by atoms with Gasteiger partial charge in [-0.15, -0.1) is 0 Å². The van der Waals surface area contributed by atoms with Crippen LogP contribution in [0.1, 0.15) is 23.6 Å². The molecule has 3 amide bonds. The molecule has 2 heterocycles. The van der Waals surface area contributed by atoms with E-state index in [0.717, 1.165) is 17.7 Å². The number of hydrogen-bond acceptors (Lipinski definition) is 4. The molecule has 2 aliphatic heterocycles. The zero-order chi connectivity index (χ0) is 20.4. The summed E-state index contributed by atoms with van der Waals surface area (Å²) in [5.41, 5.74) is 3.96. The van der Waals surface area contributed by atoms with E-state index < -0.39 is 0 Å². The lowest BCUT2D eigenvalue weighted by Crippen LogP contribution is -2.30. The Hall–Kier alpha value is -3.13. The third kappa shape index (κ3) is 4.17. The van der Waals surface area contributed by atoms with Crippen LogP contribution in [-0.2, 0) is 29.0 Å². The SMILES string of the molecule is CC(=O)N1CCc2cc(NC(=O)NCCc3cc(F)cc4c3OCOC4)ccc21. The first kappa shape index (κ1) is 19.2. The van der Waals surface area contributed by atoms with Gasteiger partial charge >= 0.3 is 6.03 Å². The molecule has 2 aliphatic rings. The van der Waals surface area contributed by atoms with Gasteiger partial charge in [-0.25, -0.2) is 9.18 Å². The fraction of sp³-hybridized carbons (Fsp3) is 0.333. The van der Waals surface area contributed by atoms with Gasteiger partial charge in [0.1, 0.15) is 11.6 Å². The van der Waals surface area contributed by atoms with Crippen molar-refractivity contribution >= 4 is 23.3 Å². The van der Waals surface area contributed by atoms with Crippen LogP contribution in [0, 0.1) is 5.82 Å². The smallest absolute Gasteiger partial charge is 0.319 e. The number of fused-ring (bicyclic) bond motifs is 2. The molecule has 0 saturated heterocycles. The molecule has 2 aromatic rings. The number of nitrogens with one attached hydrogen (secondary N) is 2. The van der Waals surface area contributed by atoms with Crippen LogP contribution < -0.4 is 20.3 Å². The molecule has 0 aliphatic carbocycles. The summed E-state index contributed by atoms with van der Waals surface area (Å²) in [6.45, 7) is 2.98. The molecule has 2 aromatic carbocycles. The second-order valence-electron chi connectivity index (χ2n) is 7.06. The van der Waals surface area contributed by atoms with Crippen LogP contribution in [0.4, 0.5) is 20.6 Å². The van der Waals surface area contributed by atoms with Gasteiger partial charge in [0.2, 0.25) is 5.91 Å². The van der Waals surface area contributed by atoms with Crippen molar-refractivity contribution in [2.45, 2.75) is 26.4 Å². The zero-order valence-corrected chi connectivity index (χ0v) is 16.1. The number of hydrogen-bond donors (Lipinski definition) is 2. The Balaban J connectivity index is 1.34. The van der Waals surface area contributed by atoms with Gasteiger partial charge in [0.15, 0.2) is 6.79 Å². The van der Waals surface area contributed by atoms with Crippen molar-refractivity contribution in [1.29, 1.82) is 0 Å². The van der Waals surface area contributed by atoms with Crippen LogP contribution in [0.3, 0.4) is 0 Å². The van der Waals surface area contributed by atoms with Crippen LogP contribution in [-0.4, -0.2) is 31.8 Å². The monoisotopic (exact) mass is 399 g/mol. The summed E-state index contributed by atoms with van der Waals surface area (Å²) in [5.74, 6) is 0.292. The van der Waals surface area contributed by atoms with Crippen molar-refractivity contribution < 1.29 is 23.5 Å². The van der Waals surface area contributed by atoms with Gasteiger partial charge in [-0.05, 0) is 54.3 Å². The van der Waals surface area contributed by atoms with Gasteiger partial charge in [-0.1, -0.05) is 0 Å². The van der Waals surface area contributed by atoms with Gasteiger partial charge in [0.05, 0.1) is 6.61 Å². The van der Waals surface area contributed by atoms with Crippen LogP contribution in [0.15, 0.2) is 30.3 Å². The predicted molar refractivity (Wildman–Crippen MR) is 106 cm³/mol. The van der Waals surface area contributed by atoms with E-state index in [1.165, 1.54) is 12.1 Å². The van der Waals surface area contributed by atoms with Crippen molar-refractivity contribution in [2.24, 2.45) is 0 Å². The first-order valence-electron chi connectivity index (χ1n) is 9.49. The molecule has 2 N–H and O–H groups in total. The highest BCUT2D eigenvalue weighted by molar-refractivity contribution is 5.95. The number of halogens is 1. The molecule has 0 fully saturated rings. The third-order valence-corrected chi connectivity index (χ3v) is 5.04. The number of rotatable bonds is 4. The predicted octanol–water partition coefficient (Wildman–Crippen LogP) is 2.97. The van der Waals surface area contributed by atoms with Crippen molar-refractivity contribution in [3.63, 3.8) is 0 Å². The lowest BCUT2D eigenvalue weighted by molar-refractivity contribution is -0.116. The summed E-state index contributed by atoms with van der Waals surface area (Å²) in [7, 11) is 0. The van der Waals surface area contributed by atoms with Gasteiger partial charge in [0.25, 0.3) is 0 Å². The highest BCUT2D eigenvalue weighted by Crippen LogP contribution is 2.31. The number of amides is 3. The molecule has 4 rings (SSSR count). The van der Waals surface area contributed by atoms with Crippen molar-refractivity contribution in [2.75, 3.05) is 30.1 Å². The van der Waals surface area contributed by atoms with Crippen LogP contribution in [0.25, 0.3) is 0 Å². The van der Waals surface area contributed by atoms with E-state index in [2.05, 4.69) is 10.6 Å². The van der Waals surface area contributed by atoms with Crippen molar-refractivity contribution in [3.8, 4) is 5.75 Å². The number of carbonyl (C=O) groups is 2. The quantitative estimate of drug-likeness (QED) is 0.829. The van der Waals surface area contributed by atoms with E-state index >= 15 is 0 Å². The number of anilines is 2. The molecule has 8 heteroatoms. The number of carbonyl (C=O) groups excluding carboxylic acids is 2. The zero-order valence-electron chi connectivity index (χ0n) is 16.1. The molecule has 7 nitrogen and oxygen atoms in total. The standard InChI is InChI=1S/C21H22FN3O4/c1-13(26)25-7-5-14-10-18(2-3-19(14)25)24-21(27)23-6-4-15-8-17(22)9-16-11-28-12-29-20(15)16/h2-3,8-10H,4-7,11-12H2,1H3,(H2,23,24,27). The first-order valence-corrected chi connectivity index (χ1v) is 9.49. The van der Waals surface area contributed by atoms with E-state index in [1.54, 1.807) is 17.9 Å². The van der Waals surface area contributed by atoms with Crippen LogP contribution >= 0.6 is 0 Å². The number of benzene rings is 2. The van der Waals surface area contributed by atoms with Crippen LogP contribution in [0.2, 0.25) is 0 Å². The second-order valence-corrected chi connectivity index (χ2v) is 7.06. The van der Waals surface area contributed by atoms with E-state index in [0.29, 0.717) is 48.7 Å². The van der Waals surface area contributed by atoms with Gasteiger partial charge in [-0.3, -0.25) is 4.79 Å². The molecular formula is C21H22FN3O4. The van der Waals surface area contributed by atoms with Gasteiger partial charge in [-0.2, -0.15) is 0 Å². The molecule has 0 aromatic heterocycles. The van der Waals surface area contributed by atoms with Crippen LogP contribution in [0.5, 0.6) is 5.75 Å². The lowest BCUT2D eigenvalue weighted by atomic mass is 10.1. The average molecular weight is 399 g/mol. The maximum atomic E-state index is 13.8. The molecule has 0 unspecified atom stereocenters. The minimum atomic E-state index is -0.352. The fourth-order valence-electron chi connectivity index (χ4n) is 3.73. The van der Waals surface area contributed by atoms with E-state index in [9.17, 15) is 14.0 Å². The second kappa shape index (κ2) is 8.08. The largest absolute Gasteiger partial charge is 0.467 e. The number of ether oxygens (including phenoxy) is 2. The highest BCUT2D eigenvalue weighted by Gasteiger charge is 2.22. The van der Waals surface area contributed by atoms with E-state index in [4.69, 9.17) is 9.47 Å². The van der Waals surface area contributed by atoms with Crippen molar-refractivity contribution in [1.82, 2.24) is 5.32 Å². The molecule has 0 atom stereocenters. The Labute approximate surface area is 167 Å². The third-order valence-electron chi connectivity index (χ3n) is 5.04. The molecule has 0 radical (unpaired) electrons. The molecule has 0 spiro atoms. The Morgan fingerprint density at radius 3 is 2.90 bits per heavy atom. The molecule has 0 bridgehead atoms. The minimum absolute atomic E-state index is 0.0114. The summed E-state index contributed by atoms with van der Waals surface area (Å²) >= 11 is 0. The van der Waals surface area contributed by atoms with Gasteiger partial charge < -0.3 is 25.0 Å². The molecule has 152 valence electrons. The molecule has 29 heavy (non-hydrogen) atoms.